The summed E-state index contributed by atoms with van der Waals surface area (Å²) in [5.74, 6) is -0.209. The monoisotopic (exact) mass is 296 g/mol. The van der Waals surface area contributed by atoms with Gasteiger partial charge < -0.3 is 11.1 Å². The molecule has 1 aromatic carbocycles. The Morgan fingerprint density at radius 3 is 2.67 bits per heavy atom. The van der Waals surface area contributed by atoms with Crippen molar-refractivity contribution in [3.8, 4) is 0 Å². The zero-order valence-electron chi connectivity index (χ0n) is 11.0. The predicted molar refractivity (Wildman–Crippen MR) is 85.5 cm³/mol. The van der Waals surface area contributed by atoms with E-state index in [1.165, 1.54) is 0 Å². The highest BCUT2D eigenvalue weighted by molar-refractivity contribution is 7.80. The number of hydrogen-bond donors (Lipinski definition) is 2. The van der Waals surface area contributed by atoms with E-state index in [-0.39, 0.29) is 5.91 Å². The molecule has 0 aliphatic rings. The van der Waals surface area contributed by atoms with E-state index in [4.69, 9.17) is 18.0 Å². The van der Waals surface area contributed by atoms with Gasteiger partial charge in [0.25, 0.3) is 5.91 Å². The van der Waals surface area contributed by atoms with Gasteiger partial charge in [-0.05, 0) is 36.4 Å². The number of hydrogen-bond acceptors (Lipinski definition) is 3. The SMILES string of the molecule is NC(=S)c1ccc(NC(=O)c2cnn3ccccc23)cc1. The lowest BCUT2D eigenvalue weighted by molar-refractivity contribution is 0.102. The number of carbonyl (C=O) groups is 1. The molecule has 3 rings (SSSR count). The van der Waals surface area contributed by atoms with Gasteiger partial charge in [0.2, 0.25) is 0 Å². The van der Waals surface area contributed by atoms with Crippen molar-refractivity contribution < 1.29 is 4.79 Å². The van der Waals surface area contributed by atoms with E-state index in [0.717, 1.165) is 11.1 Å². The summed E-state index contributed by atoms with van der Waals surface area (Å²) in [7, 11) is 0. The summed E-state index contributed by atoms with van der Waals surface area (Å²) in [5, 5.41) is 6.97. The number of carbonyl (C=O) groups excluding carboxylic acids is 1. The third-order valence-electron chi connectivity index (χ3n) is 3.10. The highest BCUT2D eigenvalue weighted by Crippen LogP contribution is 2.14. The third-order valence-corrected chi connectivity index (χ3v) is 3.33. The van der Waals surface area contributed by atoms with Gasteiger partial charge in [0, 0.05) is 17.4 Å². The number of nitrogens with one attached hydrogen (secondary N) is 1. The molecule has 3 N–H and O–H groups in total. The maximum atomic E-state index is 12.3. The average Bonchev–Trinajstić information content (AvgIpc) is 2.92. The molecule has 0 aliphatic heterocycles. The molecule has 2 aromatic heterocycles. The van der Waals surface area contributed by atoms with Gasteiger partial charge >= 0.3 is 0 Å². The summed E-state index contributed by atoms with van der Waals surface area (Å²) in [6.07, 6.45) is 3.34. The zero-order chi connectivity index (χ0) is 14.8. The van der Waals surface area contributed by atoms with E-state index in [2.05, 4.69) is 10.4 Å². The number of amides is 1. The lowest BCUT2D eigenvalue weighted by Crippen LogP contribution is -2.12. The van der Waals surface area contributed by atoms with E-state index in [9.17, 15) is 4.79 Å². The first-order valence-corrected chi connectivity index (χ1v) is 6.69. The topological polar surface area (TPSA) is 72.4 Å². The van der Waals surface area contributed by atoms with Gasteiger partial charge in [-0.1, -0.05) is 18.3 Å². The van der Waals surface area contributed by atoms with Crippen molar-refractivity contribution in [3.05, 3.63) is 66.0 Å². The summed E-state index contributed by atoms with van der Waals surface area (Å²) in [5.41, 5.74) is 8.26. The van der Waals surface area contributed by atoms with Crippen LogP contribution in [0.4, 0.5) is 5.69 Å². The second kappa shape index (κ2) is 5.34. The molecule has 104 valence electrons. The van der Waals surface area contributed by atoms with Gasteiger partial charge in [-0.2, -0.15) is 5.10 Å². The molecule has 0 fully saturated rings. The van der Waals surface area contributed by atoms with Crippen LogP contribution >= 0.6 is 12.2 Å². The average molecular weight is 296 g/mol. The van der Waals surface area contributed by atoms with Crippen LogP contribution in [0.3, 0.4) is 0 Å². The summed E-state index contributed by atoms with van der Waals surface area (Å²) < 4.78 is 1.66. The number of pyridine rings is 1. The van der Waals surface area contributed by atoms with E-state index in [1.807, 2.05) is 18.2 Å². The standard InChI is InChI=1S/C15H12N4OS/c16-14(21)10-4-6-11(7-5-10)18-15(20)12-9-17-19-8-2-1-3-13(12)19/h1-9H,(H2,16,21)(H,18,20). The zero-order valence-corrected chi connectivity index (χ0v) is 11.8. The van der Waals surface area contributed by atoms with Gasteiger partial charge in [0.1, 0.15) is 4.99 Å². The fourth-order valence-corrected chi connectivity index (χ4v) is 2.16. The van der Waals surface area contributed by atoms with Crippen molar-refractivity contribution in [1.82, 2.24) is 9.61 Å². The molecule has 0 saturated carbocycles. The second-order valence-electron chi connectivity index (χ2n) is 4.48. The number of anilines is 1. The quantitative estimate of drug-likeness (QED) is 0.727. The van der Waals surface area contributed by atoms with Crippen LogP contribution < -0.4 is 11.1 Å². The lowest BCUT2D eigenvalue weighted by Gasteiger charge is -2.05. The first-order chi connectivity index (χ1) is 10.1. The van der Waals surface area contributed by atoms with Crippen molar-refractivity contribution in [3.63, 3.8) is 0 Å². The van der Waals surface area contributed by atoms with Gasteiger partial charge in [-0.3, -0.25) is 4.79 Å². The summed E-state index contributed by atoms with van der Waals surface area (Å²) in [6, 6.07) is 12.6. The molecule has 0 atom stereocenters. The summed E-state index contributed by atoms with van der Waals surface area (Å²) >= 11 is 4.89. The van der Waals surface area contributed by atoms with Gasteiger partial charge in [0.15, 0.2) is 0 Å². The Labute approximate surface area is 126 Å². The minimum atomic E-state index is -0.209. The molecule has 0 saturated heterocycles. The Kier molecular flexibility index (Phi) is 3.37. The Balaban J connectivity index is 1.84. The molecule has 21 heavy (non-hydrogen) atoms. The molecule has 0 radical (unpaired) electrons. The summed E-state index contributed by atoms with van der Waals surface area (Å²) in [4.78, 5) is 12.6. The van der Waals surface area contributed by atoms with Crippen LogP contribution in [-0.4, -0.2) is 20.5 Å². The van der Waals surface area contributed by atoms with Crippen molar-refractivity contribution in [1.29, 1.82) is 0 Å². The molecular formula is C15H12N4OS. The van der Waals surface area contributed by atoms with Crippen LogP contribution in [0.1, 0.15) is 15.9 Å². The Morgan fingerprint density at radius 1 is 1.19 bits per heavy atom. The molecule has 1 amide bonds. The van der Waals surface area contributed by atoms with Crippen molar-refractivity contribution in [2.75, 3.05) is 5.32 Å². The largest absolute Gasteiger partial charge is 0.389 e. The van der Waals surface area contributed by atoms with Crippen LogP contribution in [0.5, 0.6) is 0 Å². The highest BCUT2D eigenvalue weighted by Gasteiger charge is 2.12. The van der Waals surface area contributed by atoms with Crippen LogP contribution in [0, 0.1) is 0 Å². The predicted octanol–water partition coefficient (Wildman–Crippen LogP) is 2.22. The van der Waals surface area contributed by atoms with Crippen molar-refractivity contribution >= 4 is 34.3 Å². The normalized spacial score (nSPS) is 10.5. The Hall–Kier alpha value is -2.73. The lowest BCUT2D eigenvalue weighted by atomic mass is 10.2. The first kappa shape index (κ1) is 13.3. The van der Waals surface area contributed by atoms with Crippen molar-refractivity contribution in [2.24, 2.45) is 5.73 Å². The van der Waals surface area contributed by atoms with E-state index in [1.54, 1.807) is 41.2 Å². The highest BCUT2D eigenvalue weighted by atomic mass is 32.1. The van der Waals surface area contributed by atoms with E-state index < -0.39 is 0 Å². The van der Waals surface area contributed by atoms with Gasteiger partial charge in [-0.15, -0.1) is 0 Å². The van der Waals surface area contributed by atoms with Crippen molar-refractivity contribution in [2.45, 2.75) is 0 Å². The number of rotatable bonds is 3. The summed E-state index contributed by atoms with van der Waals surface area (Å²) in [6.45, 7) is 0. The molecule has 0 aliphatic carbocycles. The minimum Gasteiger partial charge on any atom is -0.389 e. The van der Waals surface area contributed by atoms with Gasteiger partial charge in [0.05, 0.1) is 17.3 Å². The fraction of sp³-hybridized carbons (Fsp3) is 0. The molecule has 2 heterocycles. The van der Waals surface area contributed by atoms with Crippen LogP contribution in [-0.2, 0) is 0 Å². The second-order valence-corrected chi connectivity index (χ2v) is 4.92. The van der Waals surface area contributed by atoms with Crippen LogP contribution in [0.2, 0.25) is 0 Å². The third kappa shape index (κ3) is 2.61. The Morgan fingerprint density at radius 2 is 1.95 bits per heavy atom. The molecule has 5 nitrogen and oxygen atoms in total. The van der Waals surface area contributed by atoms with Crippen LogP contribution in [0.15, 0.2) is 54.9 Å². The van der Waals surface area contributed by atoms with Gasteiger partial charge in [-0.25, -0.2) is 4.52 Å². The number of fused-ring (bicyclic) bond motifs is 1. The molecular weight excluding hydrogens is 284 g/mol. The number of aromatic nitrogens is 2. The number of nitrogens with two attached hydrogens (primary N) is 1. The number of benzene rings is 1. The molecule has 6 heteroatoms. The number of nitrogens with zero attached hydrogens (tertiary/aromatic N) is 2. The smallest absolute Gasteiger partial charge is 0.259 e. The minimum absolute atomic E-state index is 0.209. The fourth-order valence-electron chi connectivity index (χ4n) is 2.03. The molecule has 0 spiro atoms. The van der Waals surface area contributed by atoms with E-state index in [0.29, 0.717) is 16.2 Å². The number of thiocarbonyl (C=S) groups is 1. The maximum absolute atomic E-state index is 12.3. The Bertz CT molecular complexity index is 823. The molecule has 0 bridgehead atoms. The van der Waals surface area contributed by atoms with Crippen LogP contribution in [0.25, 0.3) is 5.52 Å². The van der Waals surface area contributed by atoms with E-state index >= 15 is 0 Å². The first-order valence-electron chi connectivity index (χ1n) is 6.29. The molecule has 0 unspecified atom stereocenters. The molecule has 3 aromatic rings. The maximum Gasteiger partial charge on any atom is 0.259 e.